The zero-order chi connectivity index (χ0) is 19.3. The molecule has 0 aliphatic heterocycles. The van der Waals surface area contributed by atoms with Crippen molar-refractivity contribution in [3.8, 4) is 5.69 Å². The Bertz CT molecular complexity index is 1070. The Kier molecular flexibility index (Phi) is 4.97. The molecule has 1 amide bonds. The van der Waals surface area contributed by atoms with E-state index in [0.29, 0.717) is 18.7 Å². The van der Waals surface area contributed by atoms with Gasteiger partial charge in [0.05, 0.1) is 18.4 Å². The first-order chi connectivity index (χ1) is 13.7. The number of carbonyl (C=O) groups excluding carboxylic acids is 1. The van der Waals surface area contributed by atoms with Gasteiger partial charge in [0.25, 0.3) is 5.91 Å². The van der Waals surface area contributed by atoms with Crippen LogP contribution in [-0.4, -0.2) is 30.5 Å². The van der Waals surface area contributed by atoms with Gasteiger partial charge in [-0.2, -0.15) is 10.2 Å². The maximum Gasteiger partial charge on any atom is 0.251 e. The first kappa shape index (κ1) is 17.7. The van der Waals surface area contributed by atoms with Crippen LogP contribution in [0.5, 0.6) is 0 Å². The van der Waals surface area contributed by atoms with E-state index in [-0.39, 0.29) is 5.91 Å². The maximum atomic E-state index is 12.5. The van der Waals surface area contributed by atoms with Crippen molar-refractivity contribution in [1.29, 1.82) is 0 Å². The molecule has 0 saturated heterocycles. The van der Waals surface area contributed by atoms with Gasteiger partial charge < -0.3 is 5.32 Å². The van der Waals surface area contributed by atoms with E-state index in [4.69, 9.17) is 0 Å². The molecule has 2 aromatic carbocycles. The van der Waals surface area contributed by atoms with Crippen molar-refractivity contribution in [3.63, 3.8) is 0 Å². The van der Waals surface area contributed by atoms with E-state index < -0.39 is 0 Å². The molecule has 7 nitrogen and oxygen atoms in total. The fraction of sp³-hybridized carbons (Fsp3) is 0.143. The highest BCUT2D eigenvalue weighted by Gasteiger charge is 2.09. The van der Waals surface area contributed by atoms with Crippen LogP contribution in [0.25, 0.3) is 5.69 Å². The lowest BCUT2D eigenvalue weighted by atomic mass is 10.1. The van der Waals surface area contributed by atoms with E-state index in [0.717, 1.165) is 22.4 Å². The molecule has 2 aromatic heterocycles. The number of hydrogen-bond acceptors (Lipinski definition) is 4. The summed E-state index contributed by atoms with van der Waals surface area (Å²) in [6.45, 7) is 3.06. The highest BCUT2D eigenvalue weighted by atomic mass is 16.1. The van der Waals surface area contributed by atoms with Gasteiger partial charge >= 0.3 is 0 Å². The van der Waals surface area contributed by atoms with Crippen LogP contribution in [0.4, 0.5) is 0 Å². The van der Waals surface area contributed by atoms with Crippen LogP contribution in [0.2, 0.25) is 0 Å². The minimum absolute atomic E-state index is 0.112. The van der Waals surface area contributed by atoms with Crippen LogP contribution < -0.4 is 5.32 Å². The zero-order valence-electron chi connectivity index (χ0n) is 15.5. The minimum Gasteiger partial charge on any atom is -0.348 e. The van der Waals surface area contributed by atoms with Crippen molar-refractivity contribution < 1.29 is 4.79 Å². The number of amides is 1. The van der Waals surface area contributed by atoms with Crippen LogP contribution in [0, 0.1) is 6.92 Å². The second kappa shape index (κ2) is 7.87. The van der Waals surface area contributed by atoms with E-state index in [2.05, 4.69) is 20.5 Å². The van der Waals surface area contributed by atoms with E-state index in [1.165, 1.54) is 6.33 Å². The molecule has 4 aromatic rings. The molecular weight excluding hydrogens is 352 g/mol. The summed E-state index contributed by atoms with van der Waals surface area (Å²) >= 11 is 0. The molecule has 0 spiro atoms. The average molecular weight is 372 g/mol. The molecular formula is C21H20N6O. The molecule has 0 atom stereocenters. The Morgan fingerprint density at radius 3 is 2.50 bits per heavy atom. The largest absolute Gasteiger partial charge is 0.348 e. The standard InChI is InChI=1S/C21H20N6O/c1-16-10-24-27(12-16)20-8-6-17(7-9-20)21(28)23-11-18-4-2-3-5-19(18)13-26-15-22-14-25-26/h2-10,12,14-15H,11,13H2,1H3,(H,23,28). The van der Waals surface area contributed by atoms with Crippen molar-refractivity contribution in [2.45, 2.75) is 20.0 Å². The van der Waals surface area contributed by atoms with Gasteiger partial charge in [0.15, 0.2) is 0 Å². The maximum absolute atomic E-state index is 12.5. The Balaban J connectivity index is 1.42. The highest BCUT2D eigenvalue weighted by Crippen LogP contribution is 2.12. The van der Waals surface area contributed by atoms with Crippen LogP contribution >= 0.6 is 0 Å². The summed E-state index contributed by atoms with van der Waals surface area (Å²) in [7, 11) is 0. The molecule has 140 valence electrons. The summed E-state index contributed by atoms with van der Waals surface area (Å²) in [5, 5.41) is 11.4. The van der Waals surface area contributed by atoms with Crippen LogP contribution in [0.1, 0.15) is 27.0 Å². The number of rotatable bonds is 6. The summed E-state index contributed by atoms with van der Waals surface area (Å²) in [5.74, 6) is -0.112. The third-order valence-corrected chi connectivity index (χ3v) is 4.46. The molecule has 0 unspecified atom stereocenters. The number of nitrogens with zero attached hydrogens (tertiary/aromatic N) is 5. The molecule has 7 heteroatoms. The van der Waals surface area contributed by atoms with Gasteiger partial charge in [0, 0.05) is 18.3 Å². The first-order valence-corrected chi connectivity index (χ1v) is 8.98. The molecule has 0 aliphatic rings. The van der Waals surface area contributed by atoms with Gasteiger partial charge in [-0.3, -0.25) is 4.79 Å². The first-order valence-electron chi connectivity index (χ1n) is 8.98. The van der Waals surface area contributed by atoms with Crippen LogP contribution in [0.3, 0.4) is 0 Å². The SMILES string of the molecule is Cc1cnn(-c2ccc(C(=O)NCc3ccccc3Cn3cncn3)cc2)c1. The summed E-state index contributed by atoms with van der Waals surface area (Å²) in [6.07, 6.45) is 6.94. The van der Waals surface area contributed by atoms with Gasteiger partial charge in [-0.1, -0.05) is 24.3 Å². The van der Waals surface area contributed by atoms with E-state index >= 15 is 0 Å². The Hall–Kier alpha value is -3.74. The average Bonchev–Trinajstić information content (AvgIpc) is 3.39. The molecule has 28 heavy (non-hydrogen) atoms. The van der Waals surface area contributed by atoms with Gasteiger partial charge in [0.1, 0.15) is 12.7 Å². The Labute approximate surface area is 162 Å². The van der Waals surface area contributed by atoms with Crippen LogP contribution in [-0.2, 0) is 13.1 Å². The topological polar surface area (TPSA) is 77.6 Å². The second-order valence-electron chi connectivity index (χ2n) is 6.55. The number of hydrogen-bond donors (Lipinski definition) is 1. The molecule has 0 fully saturated rings. The number of carbonyl (C=O) groups is 1. The molecule has 1 N–H and O–H groups in total. The van der Waals surface area contributed by atoms with E-state index in [9.17, 15) is 4.79 Å². The van der Waals surface area contributed by atoms with Crippen molar-refractivity contribution in [1.82, 2.24) is 29.9 Å². The molecule has 4 rings (SSSR count). The number of benzene rings is 2. The highest BCUT2D eigenvalue weighted by molar-refractivity contribution is 5.94. The second-order valence-corrected chi connectivity index (χ2v) is 6.55. The summed E-state index contributed by atoms with van der Waals surface area (Å²) in [5.41, 5.74) is 4.77. The number of aryl methyl sites for hydroxylation is 1. The smallest absolute Gasteiger partial charge is 0.251 e. The third kappa shape index (κ3) is 3.98. The van der Waals surface area contributed by atoms with E-state index in [1.807, 2.05) is 61.7 Å². The van der Waals surface area contributed by atoms with Gasteiger partial charge in [-0.25, -0.2) is 14.3 Å². The third-order valence-electron chi connectivity index (χ3n) is 4.46. The Morgan fingerprint density at radius 1 is 1.04 bits per heavy atom. The lowest BCUT2D eigenvalue weighted by Crippen LogP contribution is -2.23. The molecule has 0 saturated carbocycles. The quantitative estimate of drug-likeness (QED) is 0.565. The summed E-state index contributed by atoms with van der Waals surface area (Å²) < 4.78 is 3.55. The van der Waals surface area contributed by atoms with Crippen molar-refractivity contribution >= 4 is 5.91 Å². The molecule has 2 heterocycles. The van der Waals surface area contributed by atoms with Crippen molar-refractivity contribution in [2.24, 2.45) is 0 Å². The number of nitrogens with one attached hydrogen (secondary N) is 1. The zero-order valence-corrected chi connectivity index (χ0v) is 15.5. The van der Waals surface area contributed by atoms with Crippen molar-refractivity contribution in [2.75, 3.05) is 0 Å². The van der Waals surface area contributed by atoms with Gasteiger partial charge in [-0.05, 0) is 47.9 Å². The predicted molar refractivity (Wildman–Crippen MR) is 105 cm³/mol. The number of aromatic nitrogens is 5. The summed E-state index contributed by atoms with van der Waals surface area (Å²) in [6, 6.07) is 15.4. The lowest BCUT2D eigenvalue weighted by Gasteiger charge is -2.11. The Morgan fingerprint density at radius 2 is 1.82 bits per heavy atom. The fourth-order valence-electron chi connectivity index (χ4n) is 2.97. The molecule has 0 radical (unpaired) electrons. The lowest BCUT2D eigenvalue weighted by molar-refractivity contribution is 0.0951. The monoisotopic (exact) mass is 372 g/mol. The van der Waals surface area contributed by atoms with Crippen molar-refractivity contribution in [3.05, 3.63) is 95.8 Å². The fourth-order valence-corrected chi connectivity index (χ4v) is 2.97. The van der Waals surface area contributed by atoms with E-state index in [1.54, 1.807) is 21.9 Å². The molecule has 0 bridgehead atoms. The van der Waals surface area contributed by atoms with Gasteiger partial charge in [0.2, 0.25) is 0 Å². The minimum atomic E-state index is -0.112. The van der Waals surface area contributed by atoms with Gasteiger partial charge in [-0.15, -0.1) is 0 Å². The molecule has 0 aliphatic carbocycles. The summed E-state index contributed by atoms with van der Waals surface area (Å²) in [4.78, 5) is 16.5. The predicted octanol–water partition coefficient (Wildman–Crippen LogP) is 2.75. The normalized spacial score (nSPS) is 10.8. The van der Waals surface area contributed by atoms with Crippen LogP contribution in [0.15, 0.2) is 73.6 Å².